The average molecular weight is 270 g/mol. The number of hydrogen-bond donors (Lipinski definition) is 2. The van der Waals surface area contributed by atoms with Gasteiger partial charge < -0.3 is 15.4 Å². The van der Waals surface area contributed by atoms with Gasteiger partial charge in [-0.1, -0.05) is 0 Å². The van der Waals surface area contributed by atoms with E-state index in [9.17, 15) is 0 Å². The quantitative estimate of drug-likeness (QED) is 0.551. The molecule has 0 aliphatic rings. The Morgan fingerprint density at radius 3 is 3.00 bits per heavy atom. The fraction of sp³-hybridized carbons (Fsp3) is 0.667. The van der Waals surface area contributed by atoms with Crippen LogP contribution in [0, 0.1) is 0 Å². The first-order valence-corrected chi connectivity index (χ1v) is 6.78. The first-order valence-electron chi connectivity index (χ1n) is 6.38. The molecule has 5 nitrogen and oxygen atoms in total. The van der Waals surface area contributed by atoms with Gasteiger partial charge in [-0.25, -0.2) is 0 Å². The number of nitrogens with one attached hydrogen (secondary N) is 2. The van der Waals surface area contributed by atoms with Crippen molar-refractivity contribution in [1.29, 1.82) is 0 Å². The summed E-state index contributed by atoms with van der Waals surface area (Å²) in [7, 11) is 0. The number of rotatable bonds is 8. The standard InChI is InChI=1S/C12H22N4OS/c1-3-16-11(6-8-15-16)10-14-12(18)13-7-5-9-17-4-2/h6,8H,3-5,7,9-10H2,1-2H3,(H2,13,14,18). The van der Waals surface area contributed by atoms with Crippen LogP contribution in [-0.2, 0) is 17.8 Å². The Balaban J connectivity index is 2.13. The lowest BCUT2D eigenvalue weighted by atomic mass is 10.4. The summed E-state index contributed by atoms with van der Waals surface area (Å²) < 4.78 is 7.20. The van der Waals surface area contributed by atoms with Crippen LogP contribution in [0.2, 0.25) is 0 Å². The van der Waals surface area contributed by atoms with Crippen molar-refractivity contribution in [2.75, 3.05) is 19.8 Å². The third-order valence-corrected chi connectivity index (χ3v) is 2.78. The first kappa shape index (κ1) is 14.9. The van der Waals surface area contributed by atoms with Crippen molar-refractivity contribution >= 4 is 17.3 Å². The molecule has 102 valence electrons. The van der Waals surface area contributed by atoms with Crippen molar-refractivity contribution < 1.29 is 4.74 Å². The van der Waals surface area contributed by atoms with E-state index in [0.717, 1.165) is 38.4 Å². The highest BCUT2D eigenvalue weighted by Gasteiger charge is 2.01. The van der Waals surface area contributed by atoms with Gasteiger partial charge in [0.1, 0.15) is 0 Å². The zero-order valence-corrected chi connectivity index (χ0v) is 11.9. The molecule has 0 spiro atoms. The number of ether oxygens (including phenoxy) is 1. The van der Waals surface area contributed by atoms with Crippen molar-refractivity contribution in [3.63, 3.8) is 0 Å². The number of thiocarbonyl (C=S) groups is 1. The summed E-state index contributed by atoms with van der Waals surface area (Å²) in [4.78, 5) is 0. The fourth-order valence-corrected chi connectivity index (χ4v) is 1.72. The van der Waals surface area contributed by atoms with E-state index in [0.29, 0.717) is 11.7 Å². The largest absolute Gasteiger partial charge is 0.382 e. The van der Waals surface area contributed by atoms with Crippen molar-refractivity contribution in [2.45, 2.75) is 33.4 Å². The van der Waals surface area contributed by atoms with Crippen LogP contribution in [0.15, 0.2) is 12.3 Å². The Morgan fingerprint density at radius 1 is 1.44 bits per heavy atom. The van der Waals surface area contributed by atoms with E-state index in [1.807, 2.05) is 17.7 Å². The maximum Gasteiger partial charge on any atom is 0.166 e. The predicted octanol–water partition coefficient (Wildman–Crippen LogP) is 1.29. The molecule has 0 aliphatic carbocycles. The molecule has 0 radical (unpaired) electrons. The second-order valence-corrected chi connectivity index (χ2v) is 4.21. The van der Waals surface area contributed by atoms with Crippen LogP contribution in [0.4, 0.5) is 0 Å². The van der Waals surface area contributed by atoms with E-state index in [1.54, 1.807) is 6.20 Å². The molecule has 0 bridgehead atoms. The van der Waals surface area contributed by atoms with Gasteiger partial charge in [0.15, 0.2) is 5.11 Å². The molecule has 1 heterocycles. The van der Waals surface area contributed by atoms with E-state index >= 15 is 0 Å². The maximum atomic E-state index is 5.25. The Morgan fingerprint density at radius 2 is 2.28 bits per heavy atom. The summed E-state index contributed by atoms with van der Waals surface area (Å²) in [5.74, 6) is 0. The molecular formula is C12H22N4OS. The molecule has 0 unspecified atom stereocenters. The van der Waals surface area contributed by atoms with Gasteiger partial charge in [0.05, 0.1) is 12.2 Å². The van der Waals surface area contributed by atoms with Crippen molar-refractivity contribution in [2.24, 2.45) is 0 Å². The van der Waals surface area contributed by atoms with Gasteiger partial charge in [0.2, 0.25) is 0 Å². The molecule has 0 saturated heterocycles. The van der Waals surface area contributed by atoms with Crippen LogP contribution < -0.4 is 10.6 Å². The molecule has 0 saturated carbocycles. The van der Waals surface area contributed by atoms with E-state index < -0.39 is 0 Å². The first-order chi connectivity index (χ1) is 8.77. The van der Waals surface area contributed by atoms with Crippen LogP contribution >= 0.6 is 12.2 Å². The van der Waals surface area contributed by atoms with Gasteiger partial charge in [-0.05, 0) is 38.6 Å². The lowest BCUT2D eigenvalue weighted by Gasteiger charge is -2.11. The summed E-state index contributed by atoms with van der Waals surface area (Å²) in [6.45, 7) is 8.01. The third-order valence-electron chi connectivity index (χ3n) is 2.49. The lowest BCUT2D eigenvalue weighted by molar-refractivity contribution is 0.145. The van der Waals surface area contributed by atoms with Crippen LogP contribution in [0.5, 0.6) is 0 Å². The molecule has 18 heavy (non-hydrogen) atoms. The second kappa shape index (κ2) is 8.88. The van der Waals surface area contributed by atoms with E-state index in [1.165, 1.54) is 0 Å². The summed E-state index contributed by atoms with van der Waals surface area (Å²) >= 11 is 5.19. The van der Waals surface area contributed by atoms with Crippen molar-refractivity contribution in [3.8, 4) is 0 Å². The SMILES string of the molecule is CCOCCCNC(=S)NCc1ccnn1CC. The second-order valence-electron chi connectivity index (χ2n) is 3.80. The van der Waals surface area contributed by atoms with Gasteiger partial charge in [0, 0.05) is 32.5 Å². The lowest BCUT2D eigenvalue weighted by Crippen LogP contribution is -2.36. The Labute approximate surface area is 114 Å². The minimum atomic E-state index is 0.676. The number of hydrogen-bond acceptors (Lipinski definition) is 3. The van der Waals surface area contributed by atoms with Gasteiger partial charge in [-0.3, -0.25) is 4.68 Å². The van der Waals surface area contributed by atoms with Crippen molar-refractivity contribution in [3.05, 3.63) is 18.0 Å². The van der Waals surface area contributed by atoms with E-state index in [-0.39, 0.29) is 0 Å². The van der Waals surface area contributed by atoms with Crippen LogP contribution in [0.25, 0.3) is 0 Å². The summed E-state index contributed by atoms with van der Waals surface area (Å²) in [6.07, 6.45) is 2.77. The van der Waals surface area contributed by atoms with Crippen LogP contribution in [0.1, 0.15) is 26.0 Å². The molecule has 0 fully saturated rings. The topological polar surface area (TPSA) is 51.1 Å². The maximum absolute atomic E-state index is 5.25. The fourth-order valence-electron chi connectivity index (χ4n) is 1.55. The molecule has 0 atom stereocenters. The molecule has 6 heteroatoms. The number of aromatic nitrogens is 2. The van der Waals surface area contributed by atoms with Crippen molar-refractivity contribution in [1.82, 2.24) is 20.4 Å². The van der Waals surface area contributed by atoms with E-state index in [2.05, 4.69) is 22.7 Å². The summed E-state index contributed by atoms with van der Waals surface area (Å²) in [5, 5.41) is 11.2. The van der Waals surface area contributed by atoms with Gasteiger partial charge in [0.25, 0.3) is 0 Å². The van der Waals surface area contributed by atoms with Gasteiger partial charge >= 0.3 is 0 Å². The van der Waals surface area contributed by atoms with Crippen LogP contribution in [0.3, 0.4) is 0 Å². The average Bonchev–Trinajstić information content (AvgIpc) is 2.83. The predicted molar refractivity (Wildman–Crippen MR) is 76.5 cm³/mol. The zero-order valence-electron chi connectivity index (χ0n) is 11.1. The molecule has 2 N–H and O–H groups in total. The highest BCUT2D eigenvalue weighted by Crippen LogP contribution is 1.97. The molecule has 1 aromatic heterocycles. The van der Waals surface area contributed by atoms with Crippen LogP contribution in [-0.4, -0.2) is 34.7 Å². The smallest absolute Gasteiger partial charge is 0.166 e. The Kier molecular flexibility index (Phi) is 7.36. The van der Waals surface area contributed by atoms with E-state index in [4.69, 9.17) is 17.0 Å². The van der Waals surface area contributed by atoms with Gasteiger partial charge in [-0.15, -0.1) is 0 Å². The molecule has 1 aromatic rings. The summed E-state index contributed by atoms with van der Waals surface area (Å²) in [5.41, 5.74) is 1.14. The zero-order chi connectivity index (χ0) is 13.2. The normalized spacial score (nSPS) is 10.3. The Hall–Kier alpha value is -1.14. The molecule has 1 rings (SSSR count). The van der Waals surface area contributed by atoms with Gasteiger partial charge in [-0.2, -0.15) is 5.10 Å². The minimum Gasteiger partial charge on any atom is -0.382 e. The minimum absolute atomic E-state index is 0.676. The highest BCUT2D eigenvalue weighted by atomic mass is 32.1. The highest BCUT2D eigenvalue weighted by molar-refractivity contribution is 7.80. The molecule has 0 aliphatic heterocycles. The molecule has 0 aromatic carbocycles. The Bertz CT molecular complexity index is 354. The number of nitrogens with zero attached hydrogens (tertiary/aromatic N) is 2. The number of aryl methyl sites for hydroxylation is 1. The summed E-state index contributed by atoms with van der Waals surface area (Å²) in [6, 6.07) is 1.99. The molecule has 0 amide bonds. The third kappa shape index (κ3) is 5.46. The molecular weight excluding hydrogens is 248 g/mol. The monoisotopic (exact) mass is 270 g/mol.